The first-order valence-electron chi connectivity index (χ1n) is 6.43. The molecule has 0 radical (unpaired) electrons. The number of nitrogens with one attached hydrogen (secondary N) is 1. The van der Waals surface area contributed by atoms with Crippen molar-refractivity contribution >= 4 is 35.1 Å². The fourth-order valence-electron chi connectivity index (χ4n) is 1.85. The van der Waals surface area contributed by atoms with Gasteiger partial charge >= 0.3 is 0 Å². The van der Waals surface area contributed by atoms with Crippen LogP contribution in [0, 0.1) is 17.0 Å². The van der Waals surface area contributed by atoms with Gasteiger partial charge in [0.05, 0.1) is 17.7 Å². The molecule has 5 nitrogen and oxygen atoms in total. The van der Waals surface area contributed by atoms with Gasteiger partial charge in [-0.1, -0.05) is 41.4 Å². The summed E-state index contributed by atoms with van der Waals surface area (Å²) in [6.07, 6.45) is 1.51. The minimum atomic E-state index is -0.413. The summed E-state index contributed by atoms with van der Waals surface area (Å²) in [6.45, 7) is 2.06. The van der Waals surface area contributed by atoms with Crippen molar-refractivity contribution in [2.24, 2.45) is 5.10 Å². The molecule has 22 heavy (non-hydrogen) atoms. The lowest BCUT2D eigenvalue weighted by atomic mass is 10.1. The molecular formula is C15H13Cl2N3O2. The highest BCUT2D eigenvalue weighted by atomic mass is 35.5. The molecular weight excluding hydrogens is 325 g/mol. The minimum Gasteiger partial charge on any atom is -0.306 e. The highest BCUT2D eigenvalue weighted by Crippen LogP contribution is 2.23. The smallest absolute Gasteiger partial charge is 0.272 e. The number of hydrogen-bond acceptors (Lipinski definition) is 4. The van der Waals surface area contributed by atoms with Crippen LogP contribution in [-0.4, -0.2) is 11.1 Å². The number of hydrogen-bond donors (Lipinski definition) is 1. The van der Waals surface area contributed by atoms with Crippen molar-refractivity contribution in [3.63, 3.8) is 0 Å². The minimum absolute atomic E-state index is 0.0677. The van der Waals surface area contributed by atoms with Gasteiger partial charge in [0.25, 0.3) is 5.69 Å². The first-order valence-corrected chi connectivity index (χ1v) is 7.18. The number of nitrogens with zero attached hydrogens (tertiary/aromatic N) is 2. The molecule has 2 aromatic rings. The summed E-state index contributed by atoms with van der Waals surface area (Å²) in [5, 5.41) is 16.0. The fraction of sp³-hybridized carbons (Fsp3) is 0.133. The SMILES string of the molecule is Cc1ccc(/C=N/NCc2c(Cl)cccc2Cl)cc1[N+](=O)[O-]. The van der Waals surface area contributed by atoms with E-state index in [4.69, 9.17) is 23.2 Å². The maximum atomic E-state index is 10.9. The number of aryl methyl sites for hydroxylation is 1. The van der Waals surface area contributed by atoms with Gasteiger partial charge in [-0.25, -0.2) is 0 Å². The van der Waals surface area contributed by atoms with Crippen molar-refractivity contribution in [3.05, 3.63) is 73.2 Å². The predicted octanol–water partition coefficient (Wildman–Crippen LogP) is 4.33. The molecule has 0 saturated carbocycles. The molecule has 0 atom stereocenters. The highest BCUT2D eigenvalue weighted by molar-refractivity contribution is 6.35. The van der Waals surface area contributed by atoms with Crippen molar-refractivity contribution in [1.29, 1.82) is 0 Å². The molecule has 0 aliphatic carbocycles. The van der Waals surface area contributed by atoms with Crippen LogP contribution in [0.1, 0.15) is 16.7 Å². The summed E-state index contributed by atoms with van der Waals surface area (Å²) in [5.74, 6) is 0. The third-order valence-corrected chi connectivity index (χ3v) is 3.76. The van der Waals surface area contributed by atoms with E-state index >= 15 is 0 Å². The third-order valence-electron chi connectivity index (χ3n) is 3.05. The molecule has 0 unspecified atom stereocenters. The third kappa shape index (κ3) is 3.96. The van der Waals surface area contributed by atoms with E-state index in [0.717, 1.165) is 5.56 Å². The molecule has 2 rings (SSSR count). The van der Waals surface area contributed by atoms with Crippen LogP contribution in [0.3, 0.4) is 0 Å². The van der Waals surface area contributed by atoms with Crippen molar-refractivity contribution in [1.82, 2.24) is 5.43 Å². The zero-order valence-corrected chi connectivity index (χ0v) is 13.2. The second-order valence-corrected chi connectivity index (χ2v) is 5.41. The lowest BCUT2D eigenvalue weighted by Gasteiger charge is -2.06. The molecule has 0 aliphatic heterocycles. The maximum Gasteiger partial charge on any atom is 0.272 e. The monoisotopic (exact) mass is 337 g/mol. The molecule has 1 N–H and O–H groups in total. The molecule has 7 heteroatoms. The zero-order valence-electron chi connectivity index (χ0n) is 11.7. The number of nitro groups is 1. The first-order chi connectivity index (χ1) is 10.5. The lowest BCUT2D eigenvalue weighted by molar-refractivity contribution is -0.385. The van der Waals surface area contributed by atoms with Crippen LogP contribution >= 0.6 is 23.2 Å². The second-order valence-electron chi connectivity index (χ2n) is 4.60. The number of hydrazone groups is 1. The van der Waals surface area contributed by atoms with Crippen molar-refractivity contribution in [2.45, 2.75) is 13.5 Å². The summed E-state index contributed by atoms with van der Waals surface area (Å²) in [5.41, 5.74) is 4.89. The van der Waals surface area contributed by atoms with Gasteiger partial charge < -0.3 is 5.43 Å². The average Bonchev–Trinajstić information content (AvgIpc) is 2.47. The first kappa shape index (κ1) is 16.3. The van der Waals surface area contributed by atoms with Gasteiger partial charge in [0.2, 0.25) is 0 Å². The van der Waals surface area contributed by atoms with Gasteiger partial charge in [-0.05, 0) is 19.1 Å². The predicted molar refractivity (Wildman–Crippen MR) is 88.7 cm³/mol. The normalized spacial score (nSPS) is 10.9. The molecule has 0 saturated heterocycles. The number of nitro benzene ring substituents is 1. The van der Waals surface area contributed by atoms with E-state index in [2.05, 4.69) is 10.5 Å². The molecule has 0 aliphatic rings. The van der Waals surface area contributed by atoms with Crippen LogP contribution in [-0.2, 0) is 6.54 Å². The van der Waals surface area contributed by atoms with Crippen LogP contribution in [0.25, 0.3) is 0 Å². The van der Waals surface area contributed by atoms with Gasteiger partial charge in [-0.3, -0.25) is 10.1 Å². The Labute approximate surface area is 137 Å². The standard InChI is InChI=1S/C15H13Cl2N3O2/c1-10-5-6-11(7-15(10)20(21)22)8-18-19-9-12-13(16)3-2-4-14(12)17/h2-8,19H,9H2,1H3/b18-8+. The van der Waals surface area contributed by atoms with Crippen molar-refractivity contribution in [2.75, 3.05) is 0 Å². The van der Waals surface area contributed by atoms with E-state index in [1.165, 1.54) is 12.3 Å². The summed E-state index contributed by atoms with van der Waals surface area (Å²) in [6, 6.07) is 10.2. The van der Waals surface area contributed by atoms with E-state index in [9.17, 15) is 10.1 Å². The van der Waals surface area contributed by atoms with Crippen LogP contribution < -0.4 is 5.43 Å². The Hall–Kier alpha value is -2.11. The van der Waals surface area contributed by atoms with E-state index in [1.54, 1.807) is 37.3 Å². The lowest BCUT2D eigenvalue weighted by Crippen LogP contribution is -2.06. The molecule has 2 aromatic carbocycles. The van der Waals surface area contributed by atoms with E-state index < -0.39 is 4.92 Å². The summed E-state index contributed by atoms with van der Waals surface area (Å²) < 4.78 is 0. The van der Waals surface area contributed by atoms with Gasteiger partial charge in [0, 0.05) is 32.8 Å². The maximum absolute atomic E-state index is 10.9. The molecule has 0 bridgehead atoms. The topological polar surface area (TPSA) is 67.5 Å². The van der Waals surface area contributed by atoms with Gasteiger partial charge in [-0.2, -0.15) is 5.10 Å². The Morgan fingerprint density at radius 3 is 2.59 bits per heavy atom. The van der Waals surface area contributed by atoms with Crippen LogP contribution in [0.15, 0.2) is 41.5 Å². The summed E-state index contributed by atoms with van der Waals surface area (Å²) in [4.78, 5) is 10.5. The number of rotatable bonds is 5. The molecule has 0 fully saturated rings. The van der Waals surface area contributed by atoms with Gasteiger partial charge in [0.15, 0.2) is 0 Å². The highest BCUT2D eigenvalue weighted by Gasteiger charge is 2.10. The van der Waals surface area contributed by atoms with Gasteiger partial charge in [0.1, 0.15) is 0 Å². The zero-order chi connectivity index (χ0) is 16.1. The van der Waals surface area contributed by atoms with Crippen LogP contribution in [0.2, 0.25) is 10.0 Å². The summed E-state index contributed by atoms with van der Waals surface area (Å²) in [7, 11) is 0. The Bertz CT molecular complexity index is 712. The molecule has 0 spiro atoms. The fourth-order valence-corrected chi connectivity index (χ4v) is 2.38. The second kappa shape index (κ2) is 7.24. The quantitative estimate of drug-likeness (QED) is 0.501. The summed E-state index contributed by atoms with van der Waals surface area (Å²) >= 11 is 12.1. The van der Waals surface area contributed by atoms with E-state index in [0.29, 0.717) is 27.7 Å². The van der Waals surface area contributed by atoms with Gasteiger partial charge in [-0.15, -0.1) is 0 Å². The van der Waals surface area contributed by atoms with Crippen molar-refractivity contribution < 1.29 is 4.92 Å². The Kier molecular flexibility index (Phi) is 5.35. The van der Waals surface area contributed by atoms with Crippen molar-refractivity contribution in [3.8, 4) is 0 Å². The number of benzene rings is 2. The Morgan fingerprint density at radius 1 is 1.27 bits per heavy atom. The van der Waals surface area contributed by atoms with Crippen LogP contribution in [0.5, 0.6) is 0 Å². The molecule has 0 aromatic heterocycles. The largest absolute Gasteiger partial charge is 0.306 e. The molecule has 0 amide bonds. The Balaban J connectivity index is 2.04. The molecule has 0 heterocycles. The van der Waals surface area contributed by atoms with E-state index in [-0.39, 0.29) is 5.69 Å². The molecule has 114 valence electrons. The average molecular weight is 338 g/mol. The van der Waals surface area contributed by atoms with Crippen LogP contribution in [0.4, 0.5) is 5.69 Å². The van der Waals surface area contributed by atoms with E-state index in [1.807, 2.05) is 0 Å². The number of halogens is 2. The Morgan fingerprint density at radius 2 is 1.95 bits per heavy atom.